The highest BCUT2D eigenvalue weighted by Gasteiger charge is 2.21. The number of carbonyl (C=O) groups excluding carboxylic acids is 1. The minimum atomic E-state index is 0.0381. The van der Waals surface area contributed by atoms with Crippen molar-refractivity contribution < 1.29 is 9.53 Å². The summed E-state index contributed by atoms with van der Waals surface area (Å²) in [4.78, 5) is 13.5. The fraction of sp³-hybridized carbons (Fsp3) is 0.917. The average molecular weight is 228 g/mol. The Morgan fingerprint density at radius 3 is 2.81 bits per heavy atom. The van der Waals surface area contributed by atoms with E-state index < -0.39 is 0 Å². The molecule has 0 radical (unpaired) electrons. The third kappa shape index (κ3) is 4.49. The second kappa shape index (κ2) is 6.86. The van der Waals surface area contributed by atoms with Crippen molar-refractivity contribution in [2.75, 3.05) is 26.2 Å². The Balaban J connectivity index is 2.39. The van der Waals surface area contributed by atoms with Crippen LogP contribution in [-0.4, -0.2) is 43.2 Å². The first-order chi connectivity index (χ1) is 7.63. The quantitative estimate of drug-likeness (QED) is 0.738. The monoisotopic (exact) mass is 228 g/mol. The Kier molecular flexibility index (Phi) is 5.77. The fourth-order valence-corrected chi connectivity index (χ4v) is 1.90. The number of nitrogens with two attached hydrogens (primary N) is 1. The van der Waals surface area contributed by atoms with Gasteiger partial charge in [0.15, 0.2) is 0 Å². The fourth-order valence-electron chi connectivity index (χ4n) is 1.90. The van der Waals surface area contributed by atoms with Crippen molar-refractivity contribution in [3.05, 3.63) is 0 Å². The van der Waals surface area contributed by atoms with E-state index >= 15 is 0 Å². The molecule has 2 N–H and O–H groups in total. The number of carbonyl (C=O) groups is 1. The van der Waals surface area contributed by atoms with Crippen molar-refractivity contribution in [2.24, 2.45) is 11.7 Å². The first kappa shape index (κ1) is 13.5. The molecule has 4 heteroatoms. The zero-order valence-corrected chi connectivity index (χ0v) is 10.4. The van der Waals surface area contributed by atoms with Crippen LogP contribution in [-0.2, 0) is 9.53 Å². The Morgan fingerprint density at radius 1 is 1.56 bits per heavy atom. The molecule has 0 aromatic carbocycles. The van der Waals surface area contributed by atoms with Crippen molar-refractivity contribution in [1.82, 2.24) is 4.90 Å². The molecule has 0 spiro atoms. The minimum absolute atomic E-state index is 0.0381. The Hall–Kier alpha value is -0.610. The van der Waals surface area contributed by atoms with Crippen molar-refractivity contribution in [3.63, 3.8) is 0 Å². The Labute approximate surface area is 98.1 Å². The molecule has 1 atom stereocenters. The SMILES string of the molecule is CC(C)CCN(CC1CCCO1)C(=O)CN. The molecule has 0 aliphatic carbocycles. The van der Waals surface area contributed by atoms with Gasteiger partial charge in [0.05, 0.1) is 12.6 Å². The highest BCUT2D eigenvalue weighted by Crippen LogP contribution is 2.14. The molecule has 4 nitrogen and oxygen atoms in total. The van der Waals surface area contributed by atoms with Crippen LogP contribution < -0.4 is 5.73 Å². The van der Waals surface area contributed by atoms with Crippen LogP contribution in [0.15, 0.2) is 0 Å². The summed E-state index contributed by atoms with van der Waals surface area (Å²) in [6.45, 7) is 6.77. The van der Waals surface area contributed by atoms with Gasteiger partial charge in [0.2, 0.25) is 5.91 Å². The van der Waals surface area contributed by atoms with Gasteiger partial charge in [-0.25, -0.2) is 0 Å². The van der Waals surface area contributed by atoms with Gasteiger partial charge in [-0.2, -0.15) is 0 Å². The molecule has 1 amide bonds. The summed E-state index contributed by atoms with van der Waals surface area (Å²) in [7, 11) is 0. The molecule has 1 fully saturated rings. The molecule has 1 heterocycles. The first-order valence-corrected chi connectivity index (χ1v) is 6.23. The van der Waals surface area contributed by atoms with E-state index in [1.54, 1.807) is 0 Å². The summed E-state index contributed by atoms with van der Waals surface area (Å²) >= 11 is 0. The molecule has 16 heavy (non-hydrogen) atoms. The number of hydrogen-bond donors (Lipinski definition) is 1. The molecule has 0 bridgehead atoms. The summed E-state index contributed by atoms with van der Waals surface area (Å²) in [5.74, 6) is 0.647. The molecule has 0 aromatic rings. The van der Waals surface area contributed by atoms with Gasteiger partial charge >= 0.3 is 0 Å². The highest BCUT2D eigenvalue weighted by molar-refractivity contribution is 5.78. The third-order valence-electron chi connectivity index (χ3n) is 2.95. The molecule has 1 aliphatic heterocycles. The van der Waals surface area contributed by atoms with Crippen molar-refractivity contribution in [2.45, 2.75) is 39.2 Å². The van der Waals surface area contributed by atoms with Crippen LogP contribution in [0.25, 0.3) is 0 Å². The van der Waals surface area contributed by atoms with Crippen LogP contribution in [0.2, 0.25) is 0 Å². The van der Waals surface area contributed by atoms with E-state index in [-0.39, 0.29) is 18.6 Å². The van der Waals surface area contributed by atoms with Gasteiger partial charge < -0.3 is 15.4 Å². The van der Waals surface area contributed by atoms with E-state index in [1.807, 2.05) is 4.90 Å². The summed E-state index contributed by atoms with van der Waals surface area (Å²) in [5, 5.41) is 0. The zero-order chi connectivity index (χ0) is 12.0. The Morgan fingerprint density at radius 2 is 2.31 bits per heavy atom. The van der Waals surface area contributed by atoms with Crippen LogP contribution in [0.4, 0.5) is 0 Å². The van der Waals surface area contributed by atoms with Gasteiger partial charge in [-0.05, 0) is 25.2 Å². The van der Waals surface area contributed by atoms with Crippen LogP contribution in [0.5, 0.6) is 0 Å². The number of rotatable bonds is 6. The average Bonchev–Trinajstić information content (AvgIpc) is 2.75. The standard InChI is InChI=1S/C12H24N2O2/c1-10(2)5-6-14(12(15)8-13)9-11-4-3-7-16-11/h10-11H,3-9,13H2,1-2H3. The predicted octanol–water partition coefficient (Wildman–Crippen LogP) is 0.999. The zero-order valence-electron chi connectivity index (χ0n) is 10.4. The highest BCUT2D eigenvalue weighted by atomic mass is 16.5. The summed E-state index contributed by atoms with van der Waals surface area (Å²) in [6.07, 6.45) is 3.43. The van der Waals surface area contributed by atoms with Crippen molar-refractivity contribution in [3.8, 4) is 0 Å². The lowest BCUT2D eigenvalue weighted by Crippen LogP contribution is -2.41. The molecule has 0 saturated carbocycles. The van der Waals surface area contributed by atoms with Gasteiger partial charge in [-0.1, -0.05) is 13.8 Å². The molecule has 0 aromatic heterocycles. The topological polar surface area (TPSA) is 55.6 Å². The van der Waals surface area contributed by atoms with Crippen LogP contribution in [0.3, 0.4) is 0 Å². The maximum Gasteiger partial charge on any atom is 0.236 e. The number of nitrogens with zero attached hydrogens (tertiary/aromatic N) is 1. The van der Waals surface area contributed by atoms with E-state index in [9.17, 15) is 4.79 Å². The third-order valence-corrected chi connectivity index (χ3v) is 2.95. The number of ether oxygens (including phenoxy) is 1. The molecule has 94 valence electrons. The van der Waals surface area contributed by atoms with Gasteiger partial charge in [-0.15, -0.1) is 0 Å². The van der Waals surface area contributed by atoms with Crippen LogP contribution in [0.1, 0.15) is 33.1 Å². The van der Waals surface area contributed by atoms with Crippen molar-refractivity contribution >= 4 is 5.91 Å². The van der Waals surface area contributed by atoms with E-state index in [0.29, 0.717) is 12.5 Å². The van der Waals surface area contributed by atoms with Gasteiger partial charge in [0.1, 0.15) is 0 Å². The van der Waals surface area contributed by atoms with Gasteiger partial charge in [-0.3, -0.25) is 4.79 Å². The van der Waals surface area contributed by atoms with Crippen LogP contribution >= 0.6 is 0 Å². The molecule has 1 aliphatic rings. The van der Waals surface area contributed by atoms with E-state index in [1.165, 1.54) is 0 Å². The second-order valence-corrected chi connectivity index (χ2v) is 4.86. The van der Waals surface area contributed by atoms with E-state index in [4.69, 9.17) is 10.5 Å². The minimum Gasteiger partial charge on any atom is -0.376 e. The maximum atomic E-state index is 11.7. The lowest BCUT2D eigenvalue weighted by Gasteiger charge is -2.25. The van der Waals surface area contributed by atoms with Gasteiger partial charge in [0, 0.05) is 19.7 Å². The Bertz CT molecular complexity index is 213. The number of hydrogen-bond acceptors (Lipinski definition) is 3. The molecular formula is C12H24N2O2. The van der Waals surface area contributed by atoms with E-state index in [0.717, 1.165) is 32.4 Å². The second-order valence-electron chi connectivity index (χ2n) is 4.86. The van der Waals surface area contributed by atoms with E-state index in [2.05, 4.69) is 13.8 Å². The lowest BCUT2D eigenvalue weighted by atomic mass is 10.1. The van der Waals surface area contributed by atoms with Crippen LogP contribution in [0, 0.1) is 5.92 Å². The smallest absolute Gasteiger partial charge is 0.236 e. The first-order valence-electron chi connectivity index (χ1n) is 6.23. The maximum absolute atomic E-state index is 11.7. The molecule has 1 rings (SSSR count). The lowest BCUT2D eigenvalue weighted by molar-refractivity contribution is -0.131. The normalized spacial score (nSPS) is 20.4. The van der Waals surface area contributed by atoms with Gasteiger partial charge in [0.25, 0.3) is 0 Å². The summed E-state index contributed by atoms with van der Waals surface area (Å²) in [6, 6.07) is 0. The van der Waals surface area contributed by atoms with Crippen molar-refractivity contribution in [1.29, 1.82) is 0 Å². The molecular weight excluding hydrogens is 204 g/mol. The summed E-state index contributed by atoms with van der Waals surface area (Å²) < 4.78 is 5.55. The number of amides is 1. The predicted molar refractivity (Wildman–Crippen MR) is 64.1 cm³/mol. The molecule has 1 saturated heterocycles. The molecule has 1 unspecified atom stereocenters. The summed E-state index contributed by atoms with van der Waals surface area (Å²) in [5.41, 5.74) is 5.42. The largest absolute Gasteiger partial charge is 0.376 e.